The van der Waals surface area contributed by atoms with Gasteiger partial charge in [0.15, 0.2) is 11.5 Å². The SMILES string of the molecule is CC(=O)NC1C(Oc2ccccc2C=CC(=O)c2ccccc2)OC2COC(c3ccco3)OC2C1O. The molecule has 2 aliphatic heterocycles. The largest absolute Gasteiger partial charge is 0.464 e. The van der Waals surface area contributed by atoms with Crippen molar-refractivity contribution in [2.75, 3.05) is 6.61 Å². The molecule has 0 bridgehead atoms. The van der Waals surface area contributed by atoms with Crippen molar-refractivity contribution in [1.82, 2.24) is 5.32 Å². The van der Waals surface area contributed by atoms with Crippen molar-refractivity contribution in [2.45, 2.75) is 43.9 Å². The van der Waals surface area contributed by atoms with E-state index in [1.54, 1.807) is 60.7 Å². The fourth-order valence-electron chi connectivity index (χ4n) is 4.36. The number of ether oxygens (including phenoxy) is 4. The highest BCUT2D eigenvalue weighted by Crippen LogP contribution is 2.35. The standard InChI is InChI=1S/C28H27NO8/c1-17(30)29-24-25(32)26-23(16-34-27(37-26)22-12-7-15-33-22)36-28(24)35-21-11-6-5-10-19(21)13-14-20(31)18-8-3-2-4-9-18/h2-15,23-28,32H,16H2,1H3,(H,29,30). The lowest BCUT2D eigenvalue weighted by Crippen LogP contribution is -2.67. The van der Waals surface area contributed by atoms with E-state index in [2.05, 4.69) is 5.32 Å². The molecule has 9 nitrogen and oxygen atoms in total. The normalized spacial score (nSPS) is 27.4. The smallest absolute Gasteiger partial charge is 0.223 e. The molecule has 2 aromatic carbocycles. The van der Waals surface area contributed by atoms with E-state index in [0.29, 0.717) is 22.6 Å². The molecule has 1 amide bonds. The minimum absolute atomic E-state index is 0.118. The van der Waals surface area contributed by atoms with Gasteiger partial charge < -0.3 is 33.8 Å². The summed E-state index contributed by atoms with van der Waals surface area (Å²) in [6.45, 7) is 1.46. The maximum atomic E-state index is 12.5. The van der Waals surface area contributed by atoms with Gasteiger partial charge in [0.1, 0.15) is 30.1 Å². The van der Waals surface area contributed by atoms with Crippen LogP contribution in [0.4, 0.5) is 0 Å². The Morgan fingerprint density at radius 2 is 1.81 bits per heavy atom. The van der Waals surface area contributed by atoms with E-state index in [-0.39, 0.29) is 18.3 Å². The van der Waals surface area contributed by atoms with Crippen LogP contribution >= 0.6 is 0 Å². The van der Waals surface area contributed by atoms with Crippen LogP contribution in [-0.2, 0) is 19.0 Å². The van der Waals surface area contributed by atoms with Crippen molar-refractivity contribution in [3.8, 4) is 5.75 Å². The number of carbonyl (C=O) groups excluding carboxylic acids is 2. The summed E-state index contributed by atoms with van der Waals surface area (Å²) in [5.74, 6) is 0.361. The van der Waals surface area contributed by atoms with Crippen LogP contribution in [0.15, 0.2) is 83.5 Å². The van der Waals surface area contributed by atoms with Crippen LogP contribution in [-0.4, -0.2) is 54.0 Å². The molecule has 0 aliphatic carbocycles. The zero-order valence-electron chi connectivity index (χ0n) is 20.1. The second-order valence-corrected chi connectivity index (χ2v) is 8.76. The second-order valence-electron chi connectivity index (χ2n) is 8.76. The Kier molecular flexibility index (Phi) is 7.47. The lowest BCUT2D eigenvalue weighted by Gasteiger charge is -2.47. The Morgan fingerprint density at radius 1 is 1.03 bits per heavy atom. The Labute approximate surface area is 213 Å². The number of nitrogens with one attached hydrogen (secondary N) is 1. The average Bonchev–Trinajstić information content (AvgIpc) is 3.45. The number of ketones is 1. The molecule has 37 heavy (non-hydrogen) atoms. The molecule has 9 heteroatoms. The predicted octanol–water partition coefficient (Wildman–Crippen LogP) is 3.26. The monoisotopic (exact) mass is 505 g/mol. The fourth-order valence-corrected chi connectivity index (χ4v) is 4.36. The number of benzene rings is 2. The van der Waals surface area contributed by atoms with Crippen LogP contribution < -0.4 is 10.1 Å². The lowest BCUT2D eigenvalue weighted by molar-refractivity contribution is -0.336. The number of aliphatic hydroxyl groups is 1. The van der Waals surface area contributed by atoms with E-state index >= 15 is 0 Å². The molecule has 1 aromatic heterocycles. The number of para-hydroxylation sites is 1. The summed E-state index contributed by atoms with van der Waals surface area (Å²) in [7, 11) is 0. The number of fused-ring (bicyclic) bond motifs is 1. The van der Waals surface area contributed by atoms with Gasteiger partial charge in [-0.3, -0.25) is 9.59 Å². The third-order valence-corrected chi connectivity index (χ3v) is 6.15. The number of hydrogen-bond acceptors (Lipinski definition) is 8. The molecule has 2 saturated heterocycles. The molecular weight excluding hydrogens is 478 g/mol. The molecule has 2 N–H and O–H groups in total. The summed E-state index contributed by atoms with van der Waals surface area (Å²) in [6.07, 6.45) is 0.165. The Bertz CT molecular complexity index is 1240. The van der Waals surface area contributed by atoms with Gasteiger partial charge in [0.2, 0.25) is 18.5 Å². The van der Waals surface area contributed by atoms with Gasteiger partial charge in [0, 0.05) is 18.1 Å². The third kappa shape index (κ3) is 5.65. The van der Waals surface area contributed by atoms with Crippen molar-refractivity contribution in [1.29, 1.82) is 0 Å². The van der Waals surface area contributed by atoms with E-state index < -0.39 is 36.9 Å². The maximum Gasteiger partial charge on any atom is 0.223 e. The Hall–Kier alpha value is -3.76. The predicted molar refractivity (Wildman–Crippen MR) is 131 cm³/mol. The summed E-state index contributed by atoms with van der Waals surface area (Å²) in [4.78, 5) is 24.5. The number of aliphatic hydroxyl groups excluding tert-OH is 1. The van der Waals surface area contributed by atoms with E-state index in [1.807, 2.05) is 12.1 Å². The molecule has 3 heterocycles. The topological polar surface area (TPSA) is 116 Å². The molecular formula is C28H27NO8. The zero-order chi connectivity index (χ0) is 25.8. The van der Waals surface area contributed by atoms with Crippen molar-refractivity contribution in [2.24, 2.45) is 0 Å². The molecule has 6 unspecified atom stereocenters. The number of rotatable bonds is 7. The van der Waals surface area contributed by atoms with Gasteiger partial charge in [-0.15, -0.1) is 0 Å². The Balaban J connectivity index is 1.35. The van der Waals surface area contributed by atoms with Crippen molar-refractivity contribution < 1.29 is 38.1 Å². The maximum absolute atomic E-state index is 12.5. The first-order valence-corrected chi connectivity index (χ1v) is 11.9. The van der Waals surface area contributed by atoms with E-state index in [0.717, 1.165) is 0 Å². The highest BCUT2D eigenvalue weighted by molar-refractivity contribution is 6.06. The van der Waals surface area contributed by atoms with Crippen LogP contribution in [0.25, 0.3) is 6.08 Å². The lowest BCUT2D eigenvalue weighted by atomic mass is 9.95. The van der Waals surface area contributed by atoms with Crippen LogP contribution in [0.3, 0.4) is 0 Å². The molecule has 2 aliphatic rings. The summed E-state index contributed by atoms with van der Waals surface area (Å²) >= 11 is 0. The third-order valence-electron chi connectivity index (χ3n) is 6.15. The first kappa shape index (κ1) is 24.9. The highest BCUT2D eigenvalue weighted by atomic mass is 16.8. The highest BCUT2D eigenvalue weighted by Gasteiger charge is 2.51. The quantitative estimate of drug-likeness (QED) is 0.371. The number of amides is 1. The van der Waals surface area contributed by atoms with Gasteiger partial charge in [0.05, 0.1) is 12.9 Å². The summed E-state index contributed by atoms with van der Waals surface area (Å²) < 4.78 is 29.3. The van der Waals surface area contributed by atoms with Crippen LogP contribution in [0.2, 0.25) is 0 Å². The molecule has 0 saturated carbocycles. The molecule has 6 atom stereocenters. The van der Waals surface area contributed by atoms with Gasteiger partial charge in [-0.1, -0.05) is 48.5 Å². The first-order valence-electron chi connectivity index (χ1n) is 11.9. The number of allylic oxidation sites excluding steroid dienone is 1. The minimum Gasteiger partial charge on any atom is -0.464 e. The number of hydrogen-bond donors (Lipinski definition) is 2. The van der Waals surface area contributed by atoms with Gasteiger partial charge >= 0.3 is 0 Å². The van der Waals surface area contributed by atoms with Crippen LogP contribution in [0.1, 0.15) is 34.9 Å². The summed E-state index contributed by atoms with van der Waals surface area (Å²) in [6, 6.07) is 18.5. The van der Waals surface area contributed by atoms with Crippen molar-refractivity contribution in [3.05, 3.63) is 96.0 Å². The van der Waals surface area contributed by atoms with Gasteiger partial charge in [0.25, 0.3) is 0 Å². The van der Waals surface area contributed by atoms with Crippen molar-refractivity contribution in [3.63, 3.8) is 0 Å². The second kappa shape index (κ2) is 11.1. The summed E-state index contributed by atoms with van der Waals surface area (Å²) in [5, 5.41) is 13.9. The molecule has 0 radical (unpaired) electrons. The van der Waals surface area contributed by atoms with Crippen molar-refractivity contribution >= 4 is 17.8 Å². The molecule has 2 fully saturated rings. The Morgan fingerprint density at radius 3 is 2.57 bits per heavy atom. The van der Waals surface area contributed by atoms with Crippen LogP contribution in [0, 0.1) is 0 Å². The minimum atomic E-state index is -1.16. The fraction of sp³-hybridized carbons (Fsp3) is 0.286. The zero-order valence-corrected chi connectivity index (χ0v) is 20.1. The van der Waals surface area contributed by atoms with E-state index in [9.17, 15) is 14.7 Å². The van der Waals surface area contributed by atoms with E-state index in [4.69, 9.17) is 23.4 Å². The molecule has 0 spiro atoms. The number of furan rings is 1. The van der Waals surface area contributed by atoms with Gasteiger partial charge in [-0.25, -0.2) is 0 Å². The van der Waals surface area contributed by atoms with Gasteiger partial charge in [-0.05, 0) is 30.4 Å². The van der Waals surface area contributed by atoms with Crippen LogP contribution in [0.5, 0.6) is 5.75 Å². The number of carbonyl (C=O) groups is 2. The van der Waals surface area contributed by atoms with E-state index in [1.165, 1.54) is 19.3 Å². The molecule has 3 aromatic rings. The first-order chi connectivity index (χ1) is 18.0. The average molecular weight is 506 g/mol. The molecule has 192 valence electrons. The summed E-state index contributed by atoms with van der Waals surface area (Å²) in [5.41, 5.74) is 1.19. The van der Waals surface area contributed by atoms with Gasteiger partial charge in [-0.2, -0.15) is 0 Å². The molecule has 5 rings (SSSR count).